The van der Waals surface area contributed by atoms with Crippen LogP contribution < -0.4 is 5.32 Å². The molecule has 1 heterocycles. The summed E-state index contributed by atoms with van der Waals surface area (Å²) >= 11 is 6.16. The lowest BCUT2D eigenvalue weighted by molar-refractivity contribution is 0.204. The Morgan fingerprint density at radius 1 is 1.35 bits per heavy atom. The Morgan fingerprint density at radius 2 is 2.10 bits per heavy atom. The van der Waals surface area contributed by atoms with E-state index in [0.29, 0.717) is 16.5 Å². The first-order valence-electron chi connectivity index (χ1n) is 7.35. The van der Waals surface area contributed by atoms with Gasteiger partial charge < -0.3 is 10.2 Å². The number of hydrogen-bond acceptors (Lipinski definition) is 3. The minimum atomic E-state index is 0.583. The Labute approximate surface area is 126 Å². The molecular formula is C16H22ClN3. The quantitative estimate of drug-likeness (QED) is 0.898. The summed E-state index contributed by atoms with van der Waals surface area (Å²) in [5.74, 6) is 0.583. The third-order valence-electron chi connectivity index (χ3n) is 3.76. The molecule has 0 aromatic heterocycles. The number of likely N-dealkylation sites (tertiary alicyclic amines) is 1. The smallest absolute Gasteiger partial charge is 0.0992 e. The molecule has 0 aliphatic carbocycles. The number of hydrogen-bond donors (Lipinski definition) is 1. The number of nitrogens with one attached hydrogen (secondary N) is 1. The second-order valence-corrected chi connectivity index (χ2v) is 6.06. The summed E-state index contributed by atoms with van der Waals surface area (Å²) < 4.78 is 0. The molecule has 1 unspecified atom stereocenters. The van der Waals surface area contributed by atoms with Gasteiger partial charge in [0.15, 0.2) is 0 Å². The molecule has 0 radical (unpaired) electrons. The third kappa shape index (κ3) is 4.40. The summed E-state index contributed by atoms with van der Waals surface area (Å²) in [7, 11) is 0. The Bertz CT molecular complexity index is 475. The van der Waals surface area contributed by atoms with Crippen molar-refractivity contribution >= 4 is 17.3 Å². The van der Waals surface area contributed by atoms with Crippen molar-refractivity contribution in [2.24, 2.45) is 5.92 Å². The fourth-order valence-corrected chi connectivity index (χ4v) is 2.91. The van der Waals surface area contributed by atoms with Crippen molar-refractivity contribution in [2.45, 2.75) is 26.2 Å². The molecule has 1 atom stereocenters. The van der Waals surface area contributed by atoms with Gasteiger partial charge in [0, 0.05) is 13.1 Å². The molecular weight excluding hydrogens is 270 g/mol. The van der Waals surface area contributed by atoms with Gasteiger partial charge in [-0.05, 0) is 50.0 Å². The molecule has 1 aliphatic rings. The van der Waals surface area contributed by atoms with Gasteiger partial charge in [-0.3, -0.25) is 0 Å². The highest BCUT2D eigenvalue weighted by molar-refractivity contribution is 6.33. The van der Waals surface area contributed by atoms with Crippen LogP contribution in [-0.2, 0) is 0 Å². The minimum Gasteiger partial charge on any atom is -0.384 e. The zero-order chi connectivity index (χ0) is 14.4. The number of piperidine rings is 1. The first kappa shape index (κ1) is 15.2. The van der Waals surface area contributed by atoms with Crippen molar-refractivity contribution in [2.75, 3.05) is 31.5 Å². The molecule has 1 aromatic rings. The maximum absolute atomic E-state index is 8.82. The molecule has 0 amide bonds. The highest BCUT2D eigenvalue weighted by Crippen LogP contribution is 2.23. The number of rotatable bonds is 5. The number of halogens is 1. The lowest BCUT2D eigenvalue weighted by Crippen LogP contribution is -2.35. The van der Waals surface area contributed by atoms with E-state index in [-0.39, 0.29) is 0 Å². The first-order valence-corrected chi connectivity index (χ1v) is 7.72. The van der Waals surface area contributed by atoms with Crippen LogP contribution in [0.1, 0.15) is 31.7 Å². The second kappa shape index (κ2) is 7.52. The maximum Gasteiger partial charge on any atom is 0.0992 e. The van der Waals surface area contributed by atoms with Gasteiger partial charge in [0.25, 0.3) is 0 Å². The normalized spacial score (nSPS) is 17.4. The number of nitrogens with zero attached hydrogens (tertiary/aromatic N) is 2. The van der Waals surface area contributed by atoms with E-state index in [1.165, 1.54) is 32.4 Å². The standard InChI is InChI=1S/C16H22ClN3/c1-13(12-20-7-3-2-4-8-20)11-19-16-6-5-14(10-18)9-15(16)17/h5-6,9,13,19H,2-4,7-8,11-12H2,1H3. The monoisotopic (exact) mass is 291 g/mol. The van der Waals surface area contributed by atoms with Crippen molar-refractivity contribution < 1.29 is 0 Å². The molecule has 108 valence electrons. The second-order valence-electron chi connectivity index (χ2n) is 5.65. The van der Waals surface area contributed by atoms with Gasteiger partial charge >= 0.3 is 0 Å². The van der Waals surface area contributed by atoms with Crippen molar-refractivity contribution in [1.29, 1.82) is 5.26 Å². The van der Waals surface area contributed by atoms with E-state index in [0.717, 1.165) is 18.8 Å². The molecule has 1 aromatic carbocycles. The summed E-state index contributed by atoms with van der Waals surface area (Å²) in [6.07, 6.45) is 4.05. The zero-order valence-electron chi connectivity index (χ0n) is 12.0. The third-order valence-corrected chi connectivity index (χ3v) is 4.07. The van der Waals surface area contributed by atoms with E-state index in [9.17, 15) is 0 Å². The summed E-state index contributed by atoms with van der Waals surface area (Å²) in [6.45, 7) is 6.78. The zero-order valence-corrected chi connectivity index (χ0v) is 12.8. The van der Waals surface area contributed by atoms with Gasteiger partial charge in [0.2, 0.25) is 0 Å². The predicted octanol–water partition coefficient (Wildman–Crippen LogP) is 3.75. The fraction of sp³-hybridized carbons (Fsp3) is 0.562. The topological polar surface area (TPSA) is 39.1 Å². The molecule has 0 spiro atoms. The highest BCUT2D eigenvalue weighted by atomic mass is 35.5. The van der Waals surface area contributed by atoms with Crippen molar-refractivity contribution in [3.8, 4) is 6.07 Å². The molecule has 1 fully saturated rings. The average molecular weight is 292 g/mol. The maximum atomic E-state index is 8.82. The van der Waals surface area contributed by atoms with Gasteiger partial charge in [-0.1, -0.05) is 24.9 Å². The number of nitriles is 1. The van der Waals surface area contributed by atoms with E-state index in [4.69, 9.17) is 16.9 Å². The van der Waals surface area contributed by atoms with Crippen molar-refractivity contribution in [1.82, 2.24) is 4.90 Å². The molecule has 20 heavy (non-hydrogen) atoms. The first-order chi connectivity index (χ1) is 9.69. The predicted molar refractivity (Wildman–Crippen MR) is 84.1 cm³/mol. The van der Waals surface area contributed by atoms with E-state index >= 15 is 0 Å². The minimum absolute atomic E-state index is 0.583. The van der Waals surface area contributed by atoms with Crippen LogP contribution >= 0.6 is 11.6 Å². The average Bonchev–Trinajstić information content (AvgIpc) is 2.47. The van der Waals surface area contributed by atoms with Crippen molar-refractivity contribution in [3.05, 3.63) is 28.8 Å². The molecule has 1 saturated heterocycles. The van der Waals surface area contributed by atoms with Gasteiger partial charge in [-0.15, -0.1) is 0 Å². The summed E-state index contributed by atoms with van der Waals surface area (Å²) in [5, 5.41) is 12.8. The van der Waals surface area contributed by atoms with Gasteiger partial charge in [0.05, 0.1) is 22.3 Å². The Hall–Kier alpha value is -1.24. The molecule has 4 heteroatoms. The lowest BCUT2D eigenvalue weighted by Gasteiger charge is -2.29. The summed E-state index contributed by atoms with van der Waals surface area (Å²) in [5.41, 5.74) is 1.51. The van der Waals surface area contributed by atoms with Crippen LogP contribution in [0.15, 0.2) is 18.2 Å². The molecule has 1 N–H and O–H groups in total. The SMILES string of the molecule is CC(CNc1ccc(C#N)cc1Cl)CN1CCCCC1. The summed E-state index contributed by atoms with van der Waals surface area (Å²) in [6, 6.07) is 7.48. The van der Waals surface area contributed by atoms with E-state index in [1.54, 1.807) is 12.1 Å². The van der Waals surface area contributed by atoms with Gasteiger partial charge in [0.1, 0.15) is 0 Å². The van der Waals surface area contributed by atoms with Crippen molar-refractivity contribution in [3.63, 3.8) is 0 Å². The van der Waals surface area contributed by atoms with Crippen LogP contribution in [0.2, 0.25) is 5.02 Å². The largest absolute Gasteiger partial charge is 0.384 e. The van der Waals surface area contributed by atoms with Crippen LogP contribution in [0.25, 0.3) is 0 Å². The Kier molecular flexibility index (Phi) is 5.70. The Morgan fingerprint density at radius 3 is 2.75 bits per heavy atom. The molecule has 2 rings (SSSR count). The molecule has 3 nitrogen and oxygen atoms in total. The number of anilines is 1. The van der Waals surface area contributed by atoms with E-state index in [2.05, 4.69) is 23.2 Å². The van der Waals surface area contributed by atoms with Crippen LogP contribution in [0.3, 0.4) is 0 Å². The fourth-order valence-electron chi connectivity index (χ4n) is 2.66. The van der Waals surface area contributed by atoms with E-state index in [1.807, 2.05) is 6.07 Å². The van der Waals surface area contributed by atoms with Crippen LogP contribution in [-0.4, -0.2) is 31.1 Å². The summed E-state index contributed by atoms with van der Waals surface area (Å²) in [4.78, 5) is 2.55. The molecule has 0 saturated carbocycles. The lowest BCUT2D eigenvalue weighted by atomic mass is 10.1. The van der Waals surface area contributed by atoms with Gasteiger partial charge in [-0.25, -0.2) is 0 Å². The van der Waals surface area contributed by atoms with Crippen LogP contribution in [0.5, 0.6) is 0 Å². The van der Waals surface area contributed by atoms with Crippen LogP contribution in [0, 0.1) is 17.2 Å². The molecule has 1 aliphatic heterocycles. The number of benzene rings is 1. The van der Waals surface area contributed by atoms with Gasteiger partial charge in [-0.2, -0.15) is 5.26 Å². The Balaban J connectivity index is 1.80. The highest BCUT2D eigenvalue weighted by Gasteiger charge is 2.13. The van der Waals surface area contributed by atoms with E-state index < -0.39 is 0 Å². The van der Waals surface area contributed by atoms with Crippen LogP contribution in [0.4, 0.5) is 5.69 Å². The molecule has 0 bridgehead atoms.